The third-order valence-electron chi connectivity index (χ3n) is 4.04. The molecule has 1 aromatic heterocycles. The van der Waals surface area contributed by atoms with Crippen LogP contribution in [-0.2, 0) is 10.0 Å². The summed E-state index contributed by atoms with van der Waals surface area (Å²) in [6.07, 6.45) is 2.71. The lowest BCUT2D eigenvalue weighted by atomic mass is 10.0. The van der Waals surface area contributed by atoms with Crippen molar-refractivity contribution in [3.8, 4) is 0 Å². The molecule has 1 atom stereocenters. The van der Waals surface area contributed by atoms with E-state index < -0.39 is 10.0 Å². The number of nitrogens with zero attached hydrogens (tertiary/aromatic N) is 3. The summed E-state index contributed by atoms with van der Waals surface area (Å²) >= 11 is 0. The topological polar surface area (TPSA) is 81.3 Å². The third kappa shape index (κ3) is 4.26. The summed E-state index contributed by atoms with van der Waals surface area (Å²) in [5.41, 5.74) is 0. The molecule has 0 bridgehead atoms. The number of sulfonamides is 1. The van der Waals surface area contributed by atoms with Crippen molar-refractivity contribution in [3.05, 3.63) is 12.4 Å². The first-order valence-electron chi connectivity index (χ1n) is 7.31. The lowest BCUT2D eigenvalue weighted by molar-refractivity contribution is 0.0905. The Bertz CT molecular complexity index is 521. The highest BCUT2D eigenvalue weighted by Gasteiger charge is 2.26. The van der Waals surface area contributed by atoms with Crippen LogP contribution >= 0.6 is 0 Å². The van der Waals surface area contributed by atoms with E-state index in [1.54, 1.807) is 0 Å². The molecule has 0 aromatic carbocycles. The highest BCUT2D eigenvalue weighted by molar-refractivity contribution is 7.89. The smallest absolute Gasteiger partial charge is 0.243 e. The van der Waals surface area contributed by atoms with E-state index in [0.717, 1.165) is 26.2 Å². The maximum atomic E-state index is 12.2. The molecule has 0 aliphatic carbocycles. The summed E-state index contributed by atoms with van der Waals surface area (Å²) < 4.78 is 27.0. The molecule has 120 valence electrons. The minimum absolute atomic E-state index is 0.184. The summed E-state index contributed by atoms with van der Waals surface area (Å²) in [6, 6.07) is 0.209. The van der Waals surface area contributed by atoms with Gasteiger partial charge in [0.15, 0.2) is 0 Å². The molecule has 1 aliphatic rings. The van der Waals surface area contributed by atoms with Gasteiger partial charge >= 0.3 is 0 Å². The van der Waals surface area contributed by atoms with Gasteiger partial charge in [-0.05, 0) is 13.0 Å². The molecular formula is C13H25N5O2S. The van der Waals surface area contributed by atoms with Crippen molar-refractivity contribution < 1.29 is 8.42 Å². The van der Waals surface area contributed by atoms with Gasteiger partial charge in [0.25, 0.3) is 0 Å². The number of aromatic nitrogens is 2. The molecule has 0 spiro atoms. The Kier molecular flexibility index (Phi) is 5.37. The largest absolute Gasteiger partial charge is 0.304 e. The van der Waals surface area contributed by atoms with Gasteiger partial charge in [0, 0.05) is 45.0 Å². The molecule has 1 unspecified atom stereocenters. The zero-order valence-corrected chi connectivity index (χ0v) is 13.7. The molecule has 1 saturated heterocycles. The van der Waals surface area contributed by atoms with E-state index in [4.69, 9.17) is 0 Å². The van der Waals surface area contributed by atoms with E-state index in [-0.39, 0.29) is 10.9 Å². The predicted molar refractivity (Wildman–Crippen MR) is 81.5 cm³/mol. The second kappa shape index (κ2) is 6.87. The first-order valence-corrected chi connectivity index (χ1v) is 8.79. The Labute approximate surface area is 126 Å². The molecule has 21 heavy (non-hydrogen) atoms. The standard InChI is InChI=1S/C13H25N5O2S/c1-11(2)13(18-6-4-17(3)5-7-18)10-16-21(19,20)12-8-14-15-9-12/h8-9,11,13,16H,4-7,10H2,1-3H3,(H,14,15). The van der Waals surface area contributed by atoms with Gasteiger partial charge in [0.2, 0.25) is 10.0 Å². The average Bonchev–Trinajstić information content (AvgIpc) is 2.95. The molecule has 7 nitrogen and oxygen atoms in total. The summed E-state index contributed by atoms with van der Waals surface area (Å²) in [7, 11) is -1.36. The first kappa shape index (κ1) is 16.4. The van der Waals surface area contributed by atoms with Gasteiger partial charge < -0.3 is 4.90 Å². The van der Waals surface area contributed by atoms with E-state index in [2.05, 4.69) is 45.6 Å². The van der Waals surface area contributed by atoms with Crippen molar-refractivity contribution in [1.82, 2.24) is 24.7 Å². The van der Waals surface area contributed by atoms with Crippen molar-refractivity contribution in [1.29, 1.82) is 0 Å². The fraction of sp³-hybridized carbons (Fsp3) is 0.769. The van der Waals surface area contributed by atoms with E-state index in [9.17, 15) is 8.42 Å². The van der Waals surface area contributed by atoms with Crippen LogP contribution in [0.4, 0.5) is 0 Å². The van der Waals surface area contributed by atoms with Crippen LogP contribution in [0.25, 0.3) is 0 Å². The van der Waals surface area contributed by atoms with E-state index in [1.807, 2.05) is 0 Å². The number of likely N-dealkylation sites (N-methyl/N-ethyl adjacent to an activating group) is 1. The molecule has 1 aromatic rings. The van der Waals surface area contributed by atoms with Gasteiger partial charge in [-0.3, -0.25) is 10.00 Å². The van der Waals surface area contributed by atoms with Crippen molar-refractivity contribution in [2.24, 2.45) is 5.92 Å². The number of H-pyrrole nitrogens is 1. The van der Waals surface area contributed by atoms with Gasteiger partial charge in [-0.2, -0.15) is 5.10 Å². The lowest BCUT2D eigenvalue weighted by Crippen LogP contribution is -2.54. The number of aromatic amines is 1. The molecule has 8 heteroatoms. The van der Waals surface area contributed by atoms with Crippen LogP contribution in [0.5, 0.6) is 0 Å². The SMILES string of the molecule is CC(C)C(CNS(=O)(=O)c1cn[nH]c1)N1CCN(C)CC1. The minimum Gasteiger partial charge on any atom is -0.304 e. The van der Waals surface area contributed by atoms with Gasteiger partial charge in [0.1, 0.15) is 4.90 Å². The van der Waals surface area contributed by atoms with E-state index in [1.165, 1.54) is 12.4 Å². The maximum Gasteiger partial charge on any atom is 0.243 e. The number of piperazine rings is 1. The van der Waals surface area contributed by atoms with Crippen LogP contribution in [0, 0.1) is 5.92 Å². The van der Waals surface area contributed by atoms with E-state index >= 15 is 0 Å². The molecule has 1 aliphatic heterocycles. The Morgan fingerprint density at radius 1 is 1.33 bits per heavy atom. The highest BCUT2D eigenvalue weighted by atomic mass is 32.2. The second-order valence-electron chi connectivity index (χ2n) is 5.94. The second-order valence-corrected chi connectivity index (χ2v) is 7.70. The monoisotopic (exact) mass is 315 g/mol. The van der Waals surface area contributed by atoms with Crippen LogP contribution in [-0.4, -0.2) is 74.2 Å². The number of rotatable bonds is 6. The molecule has 2 heterocycles. The van der Waals surface area contributed by atoms with Crippen molar-refractivity contribution in [2.75, 3.05) is 39.8 Å². The van der Waals surface area contributed by atoms with Crippen molar-refractivity contribution in [2.45, 2.75) is 24.8 Å². The van der Waals surface area contributed by atoms with Crippen LogP contribution in [0.2, 0.25) is 0 Å². The first-order chi connectivity index (χ1) is 9.90. The fourth-order valence-corrected chi connectivity index (χ4v) is 3.56. The molecule has 0 saturated carbocycles. The van der Waals surface area contributed by atoms with Gasteiger partial charge in [-0.15, -0.1) is 0 Å². The minimum atomic E-state index is -3.48. The number of hydrogen-bond donors (Lipinski definition) is 2. The molecule has 2 N–H and O–H groups in total. The molecular weight excluding hydrogens is 290 g/mol. The lowest BCUT2D eigenvalue weighted by Gasteiger charge is -2.39. The molecule has 1 fully saturated rings. The Morgan fingerprint density at radius 3 is 2.52 bits per heavy atom. The molecule has 0 amide bonds. The number of nitrogens with one attached hydrogen (secondary N) is 2. The van der Waals surface area contributed by atoms with E-state index in [0.29, 0.717) is 12.5 Å². The molecule has 0 radical (unpaired) electrons. The summed E-state index contributed by atoms with van der Waals surface area (Å²) in [4.78, 5) is 4.86. The Balaban J connectivity index is 1.97. The van der Waals surface area contributed by atoms with Gasteiger partial charge in [-0.25, -0.2) is 13.1 Å². The number of hydrogen-bond acceptors (Lipinski definition) is 5. The normalized spacial score (nSPS) is 20.0. The fourth-order valence-electron chi connectivity index (χ4n) is 2.60. The zero-order valence-electron chi connectivity index (χ0n) is 12.9. The van der Waals surface area contributed by atoms with Crippen LogP contribution < -0.4 is 4.72 Å². The van der Waals surface area contributed by atoms with Gasteiger partial charge in [0.05, 0.1) is 6.20 Å². The third-order valence-corrected chi connectivity index (χ3v) is 5.43. The van der Waals surface area contributed by atoms with Crippen LogP contribution in [0.3, 0.4) is 0 Å². The zero-order chi connectivity index (χ0) is 15.5. The van der Waals surface area contributed by atoms with Crippen LogP contribution in [0.1, 0.15) is 13.8 Å². The van der Waals surface area contributed by atoms with Crippen LogP contribution in [0.15, 0.2) is 17.3 Å². The summed E-state index contributed by atoms with van der Waals surface area (Å²) in [6.45, 7) is 8.70. The summed E-state index contributed by atoms with van der Waals surface area (Å²) in [5.74, 6) is 0.389. The summed E-state index contributed by atoms with van der Waals surface area (Å²) in [5, 5.41) is 6.22. The Hall–Kier alpha value is -0.960. The maximum absolute atomic E-state index is 12.2. The molecule has 2 rings (SSSR count). The van der Waals surface area contributed by atoms with Crippen molar-refractivity contribution in [3.63, 3.8) is 0 Å². The Morgan fingerprint density at radius 2 is 2.00 bits per heavy atom. The van der Waals surface area contributed by atoms with Gasteiger partial charge in [-0.1, -0.05) is 13.8 Å². The average molecular weight is 315 g/mol. The highest BCUT2D eigenvalue weighted by Crippen LogP contribution is 2.14. The quantitative estimate of drug-likeness (QED) is 0.770. The van der Waals surface area contributed by atoms with Crippen molar-refractivity contribution >= 4 is 10.0 Å². The predicted octanol–water partition coefficient (Wildman–Crippen LogP) is -0.0400.